The van der Waals surface area contributed by atoms with Crippen molar-refractivity contribution in [3.63, 3.8) is 0 Å². The lowest BCUT2D eigenvalue weighted by Gasteiger charge is -2.28. The first-order chi connectivity index (χ1) is 9.90. The number of aryl methyl sites for hydroxylation is 1. The standard InChI is InChI=1S/C19H34N2/c1-15(2)10-12-21(13-11-16(3)4)14-19(20)18-9-7-6-8-17(18)5/h6-9,15-16,19H,10-14,20H2,1-5H3. The summed E-state index contributed by atoms with van der Waals surface area (Å²) in [6.45, 7) is 14.6. The van der Waals surface area contributed by atoms with Crippen molar-refractivity contribution in [2.75, 3.05) is 19.6 Å². The van der Waals surface area contributed by atoms with Gasteiger partial charge in [0.25, 0.3) is 0 Å². The topological polar surface area (TPSA) is 29.3 Å². The summed E-state index contributed by atoms with van der Waals surface area (Å²) in [5.41, 5.74) is 9.06. The molecular formula is C19H34N2. The van der Waals surface area contributed by atoms with E-state index in [4.69, 9.17) is 5.73 Å². The van der Waals surface area contributed by atoms with Crippen molar-refractivity contribution < 1.29 is 0 Å². The maximum atomic E-state index is 6.47. The molecule has 1 aromatic carbocycles. The van der Waals surface area contributed by atoms with Crippen LogP contribution in [0.15, 0.2) is 24.3 Å². The Morgan fingerprint density at radius 1 is 0.952 bits per heavy atom. The van der Waals surface area contributed by atoms with Crippen LogP contribution in [0.5, 0.6) is 0 Å². The average molecular weight is 290 g/mol. The van der Waals surface area contributed by atoms with Gasteiger partial charge in [-0.25, -0.2) is 0 Å². The monoisotopic (exact) mass is 290 g/mol. The van der Waals surface area contributed by atoms with Crippen molar-refractivity contribution in [2.45, 2.75) is 53.5 Å². The molecule has 1 aromatic rings. The molecule has 0 saturated carbocycles. The summed E-state index contributed by atoms with van der Waals surface area (Å²) in [5, 5.41) is 0. The van der Waals surface area contributed by atoms with E-state index < -0.39 is 0 Å². The molecule has 0 bridgehead atoms. The van der Waals surface area contributed by atoms with Gasteiger partial charge >= 0.3 is 0 Å². The van der Waals surface area contributed by atoms with E-state index >= 15 is 0 Å². The van der Waals surface area contributed by atoms with Crippen LogP contribution in [0.2, 0.25) is 0 Å². The molecule has 0 radical (unpaired) electrons. The third-order valence-electron chi connectivity index (χ3n) is 4.09. The molecule has 0 saturated heterocycles. The predicted molar refractivity (Wildman–Crippen MR) is 93.5 cm³/mol. The molecule has 1 rings (SSSR count). The Bertz CT molecular complexity index is 386. The van der Waals surface area contributed by atoms with E-state index in [1.165, 1.54) is 24.0 Å². The molecule has 0 aliphatic heterocycles. The van der Waals surface area contributed by atoms with Gasteiger partial charge in [0.05, 0.1) is 0 Å². The summed E-state index contributed by atoms with van der Waals surface area (Å²) in [5.74, 6) is 1.50. The van der Waals surface area contributed by atoms with Crippen LogP contribution in [0, 0.1) is 18.8 Å². The van der Waals surface area contributed by atoms with E-state index in [1.807, 2.05) is 0 Å². The molecule has 0 aliphatic carbocycles. The van der Waals surface area contributed by atoms with Crippen LogP contribution >= 0.6 is 0 Å². The molecule has 120 valence electrons. The van der Waals surface area contributed by atoms with Crippen molar-refractivity contribution in [2.24, 2.45) is 17.6 Å². The van der Waals surface area contributed by atoms with Crippen molar-refractivity contribution in [1.82, 2.24) is 4.90 Å². The fraction of sp³-hybridized carbons (Fsp3) is 0.684. The van der Waals surface area contributed by atoms with Gasteiger partial charge in [0.2, 0.25) is 0 Å². The van der Waals surface area contributed by atoms with Crippen LogP contribution in [0.3, 0.4) is 0 Å². The molecule has 0 fully saturated rings. The van der Waals surface area contributed by atoms with E-state index in [0.717, 1.165) is 31.5 Å². The van der Waals surface area contributed by atoms with E-state index in [2.05, 4.69) is 63.8 Å². The maximum absolute atomic E-state index is 6.47. The Kier molecular flexibility index (Phi) is 7.98. The van der Waals surface area contributed by atoms with Crippen LogP contribution < -0.4 is 5.73 Å². The zero-order chi connectivity index (χ0) is 15.8. The SMILES string of the molecule is Cc1ccccc1C(N)CN(CCC(C)C)CCC(C)C. The first-order valence-electron chi connectivity index (χ1n) is 8.43. The Balaban J connectivity index is 2.63. The molecule has 0 aromatic heterocycles. The summed E-state index contributed by atoms with van der Waals surface area (Å²) in [6, 6.07) is 8.62. The van der Waals surface area contributed by atoms with Crippen LogP contribution in [-0.4, -0.2) is 24.5 Å². The molecule has 1 unspecified atom stereocenters. The number of hydrogen-bond donors (Lipinski definition) is 1. The van der Waals surface area contributed by atoms with Gasteiger partial charge in [-0.1, -0.05) is 52.0 Å². The van der Waals surface area contributed by atoms with E-state index in [-0.39, 0.29) is 6.04 Å². The number of nitrogens with two attached hydrogens (primary N) is 1. The van der Waals surface area contributed by atoms with Crippen molar-refractivity contribution >= 4 is 0 Å². The van der Waals surface area contributed by atoms with E-state index in [9.17, 15) is 0 Å². The Morgan fingerprint density at radius 3 is 1.95 bits per heavy atom. The molecule has 0 heterocycles. The highest BCUT2D eigenvalue weighted by Gasteiger charge is 2.14. The second-order valence-electron chi connectivity index (χ2n) is 7.13. The van der Waals surface area contributed by atoms with Gasteiger partial charge in [0.1, 0.15) is 0 Å². The van der Waals surface area contributed by atoms with Gasteiger partial charge in [0, 0.05) is 12.6 Å². The second kappa shape index (κ2) is 9.22. The van der Waals surface area contributed by atoms with Crippen molar-refractivity contribution in [3.8, 4) is 0 Å². The van der Waals surface area contributed by atoms with Gasteiger partial charge in [-0.05, 0) is 55.8 Å². The minimum absolute atomic E-state index is 0.116. The largest absolute Gasteiger partial charge is 0.323 e. The number of nitrogens with zero attached hydrogens (tertiary/aromatic N) is 1. The maximum Gasteiger partial charge on any atom is 0.0426 e. The Morgan fingerprint density at radius 2 is 1.48 bits per heavy atom. The van der Waals surface area contributed by atoms with Crippen LogP contribution in [-0.2, 0) is 0 Å². The molecule has 2 N–H and O–H groups in total. The van der Waals surface area contributed by atoms with Gasteiger partial charge in [-0.3, -0.25) is 0 Å². The molecular weight excluding hydrogens is 256 g/mol. The number of benzene rings is 1. The molecule has 21 heavy (non-hydrogen) atoms. The second-order valence-corrected chi connectivity index (χ2v) is 7.13. The minimum atomic E-state index is 0.116. The molecule has 0 aliphatic rings. The van der Waals surface area contributed by atoms with Gasteiger partial charge in [-0.15, -0.1) is 0 Å². The van der Waals surface area contributed by atoms with Gasteiger partial charge < -0.3 is 10.6 Å². The van der Waals surface area contributed by atoms with Crippen LogP contribution in [0.4, 0.5) is 0 Å². The minimum Gasteiger partial charge on any atom is -0.323 e. The zero-order valence-corrected chi connectivity index (χ0v) is 14.6. The fourth-order valence-electron chi connectivity index (χ4n) is 2.56. The van der Waals surface area contributed by atoms with Crippen LogP contribution in [0.25, 0.3) is 0 Å². The summed E-state index contributed by atoms with van der Waals surface area (Å²) in [4.78, 5) is 2.55. The quantitative estimate of drug-likeness (QED) is 0.731. The van der Waals surface area contributed by atoms with Crippen molar-refractivity contribution in [1.29, 1.82) is 0 Å². The third kappa shape index (κ3) is 7.10. The lowest BCUT2D eigenvalue weighted by Crippen LogP contribution is -2.35. The predicted octanol–water partition coefficient (Wildman–Crippen LogP) is 4.39. The molecule has 1 atom stereocenters. The van der Waals surface area contributed by atoms with Gasteiger partial charge in [0.15, 0.2) is 0 Å². The van der Waals surface area contributed by atoms with Gasteiger partial charge in [-0.2, -0.15) is 0 Å². The first-order valence-corrected chi connectivity index (χ1v) is 8.43. The third-order valence-corrected chi connectivity index (χ3v) is 4.09. The normalized spacial score (nSPS) is 13.4. The fourth-order valence-corrected chi connectivity index (χ4v) is 2.56. The van der Waals surface area contributed by atoms with Crippen molar-refractivity contribution in [3.05, 3.63) is 35.4 Å². The summed E-state index contributed by atoms with van der Waals surface area (Å²) >= 11 is 0. The molecule has 2 nitrogen and oxygen atoms in total. The lowest BCUT2D eigenvalue weighted by molar-refractivity contribution is 0.230. The molecule has 0 amide bonds. The summed E-state index contributed by atoms with van der Waals surface area (Å²) < 4.78 is 0. The Labute approximate surface area is 131 Å². The highest BCUT2D eigenvalue weighted by atomic mass is 15.1. The lowest BCUT2D eigenvalue weighted by atomic mass is 10.0. The summed E-state index contributed by atoms with van der Waals surface area (Å²) in [7, 11) is 0. The molecule has 0 spiro atoms. The zero-order valence-electron chi connectivity index (χ0n) is 14.6. The van der Waals surface area contributed by atoms with E-state index in [1.54, 1.807) is 0 Å². The number of rotatable bonds is 9. The highest BCUT2D eigenvalue weighted by Crippen LogP contribution is 2.17. The first kappa shape index (κ1) is 18.2. The smallest absolute Gasteiger partial charge is 0.0426 e. The van der Waals surface area contributed by atoms with E-state index in [0.29, 0.717) is 0 Å². The molecule has 2 heteroatoms. The average Bonchev–Trinajstić information content (AvgIpc) is 2.41. The van der Waals surface area contributed by atoms with Crippen LogP contribution in [0.1, 0.15) is 57.7 Å². The highest BCUT2D eigenvalue weighted by molar-refractivity contribution is 5.28. The Hall–Kier alpha value is -0.860. The number of hydrogen-bond acceptors (Lipinski definition) is 2. The summed E-state index contributed by atoms with van der Waals surface area (Å²) in [6.07, 6.45) is 2.50.